The number of carboxylic acid groups (broad SMARTS) is 1. The number of anilines is 1. The Balaban J connectivity index is 1.51. The molecule has 0 saturated carbocycles. The van der Waals surface area contributed by atoms with Gasteiger partial charge in [-0.2, -0.15) is 4.58 Å². The van der Waals surface area contributed by atoms with Gasteiger partial charge in [0.1, 0.15) is 5.76 Å². The summed E-state index contributed by atoms with van der Waals surface area (Å²) in [7, 11) is 0. The zero-order valence-electron chi connectivity index (χ0n) is 27.9. The Hall–Kier alpha value is -3.67. The number of fused-ring (bicyclic) bond motifs is 1. The van der Waals surface area contributed by atoms with Gasteiger partial charge in [-0.3, -0.25) is 4.79 Å². The van der Waals surface area contributed by atoms with Gasteiger partial charge in [0.2, 0.25) is 18.0 Å². The minimum Gasteiger partial charge on any atom is -0.506 e. The Morgan fingerprint density at radius 3 is 1.93 bits per heavy atom. The molecule has 0 atom stereocenters. The van der Waals surface area contributed by atoms with Crippen LogP contribution in [0.3, 0.4) is 0 Å². The number of allylic oxidation sites excluding steroid dienone is 3. The minimum atomic E-state index is -0.957. The lowest BCUT2D eigenvalue weighted by atomic mass is 9.77. The van der Waals surface area contributed by atoms with E-state index in [0.717, 1.165) is 30.0 Å². The summed E-state index contributed by atoms with van der Waals surface area (Å²) < 4.78 is 1.74. The Morgan fingerprint density at radius 2 is 1.38 bits per heavy atom. The third-order valence-corrected chi connectivity index (χ3v) is 9.42. The summed E-state index contributed by atoms with van der Waals surface area (Å²) in [5, 5.41) is 20.8. The molecule has 2 aromatic rings. The molecule has 0 amide bonds. The van der Waals surface area contributed by atoms with Gasteiger partial charge in [0, 0.05) is 36.5 Å². The lowest BCUT2D eigenvalue weighted by molar-refractivity contribution is -0.428. The molecule has 2 N–H and O–H groups in total. The molecule has 0 fully saturated rings. The minimum absolute atomic E-state index is 0.0294. The number of para-hydroxylation sites is 1. The van der Waals surface area contributed by atoms with Crippen LogP contribution in [0.25, 0.3) is 5.57 Å². The van der Waals surface area contributed by atoms with Crippen molar-refractivity contribution in [3.05, 3.63) is 77.1 Å². The number of nitrogens with zero attached hydrogens (tertiary/aromatic N) is 2. The third-order valence-electron chi connectivity index (χ3n) is 9.42. The van der Waals surface area contributed by atoms with E-state index in [9.17, 15) is 19.8 Å². The molecule has 2 aromatic carbocycles. The lowest BCUT2D eigenvalue weighted by Gasteiger charge is -2.26. The average molecular weight is 614 g/mol. The molecule has 1 aliphatic heterocycles. The Bertz CT molecular complexity index is 1420. The van der Waals surface area contributed by atoms with Crippen molar-refractivity contribution in [1.82, 2.24) is 0 Å². The van der Waals surface area contributed by atoms with E-state index < -0.39 is 11.4 Å². The zero-order chi connectivity index (χ0) is 32.4. The number of carbonyl (C=O) groups is 2. The van der Waals surface area contributed by atoms with Crippen molar-refractivity contribution < 1.29 is 24.4 Å². The molecule has 0 aromatic heterocycles. The van der Waals surface area contributed by atoms with Crippen molar-refractivity contribution in [2.24, 2.45) is 0 Å². The second kappa shape index (κ2) is 16.1. The number of rotatable bonds is 19. The van der Waals surface area contributed by atoms with Crippen molar-refractivity contribution in [1.29, 1.82) is 0 Å². The van der Waals surface area contributed by atoms with E-state index in [1.165, 1.54) is 77.0 Å². The number of aliphatic hydroxyl groups excluding tert-OH is 1. The van der Waals surface area contributed by atoms with Gasteiger partial charge in [-0.05, 0) is 44.4 Å². The summed E-state index contributed by atoms with van der Waals surface area (Å²) in [5.41, 5.74) is 4.40. The molecule has 0 bridgehead atoms. The van der Waals surface area contributed by atoms with Crippen molar-refractivity contribution >= 4 is 34.4 Å². The fourth-order valence-electron chi connectivity index (χ4n) is 6.74. The van der Waals surface area contributed by atoms with Gasteiger partial charge in [-0.1, -0.05) is 108 Å². The first-order chi connectivity index (χ1) is 21.7. The number of hydrogen-bond donors (Lipinski definition) is 2. The van der Waals surface area contributed by atoms with Gasteiger partial charge in [0.25, 0.3) is 0 Å². The number of Topliss-reactive ketones (excluding diaryl/α,β-unsaturated/α-hetero) is 1. The smallest absolute Gasteiger partial charge is 0.370 e. The summed E-state index contributed by atoms with van der Waals surface area (Å²) in [6.45, 7) is 10.4. The van der Waals surface area contributed by atoms with Crippen LogP contribution in [0.2, 0.25) is 0 Å². The number of aliphatic hydroxyl groups is 1. The predicted octanol–water partition coefficient (Wildman–Crippen LogP) is 9.15. The fraction of sp³-hybridized carbons (Fsp3) is 0.513. The number of aliphatic carboxylic acids is 1. The first-order valence-electron chi connectivity index (χ1n) is 17.2. The van der Waals surface area contributed by atoms with E-state index >= 15 is 0 Å². The zero-order valence-corrected chi connectivity index (χ0v) is 27.9. The van der Waals surface area contributed by atoms with Crippen LogP contribution in [-0.4, -0.2) is 51.9 Å². The Labute approximate surface area is 270 Å². The van der Waals surface area contributed by atoms with Gasteiger partial charge < -0.3 is 15.1 Å². The summed E-state index contributed by atoms with van der Waals surface area (Å²) in [6, 6.07) is 15.8. The van der Waals surface area contributed by atoms with Crippen molar-refractivity contribution in [3.63, 3.8) is 0 Å². The van der Waals surface area contributed by atoms with E-state index in [1.54, 1.807) is 10.7 Å². The Kier molecular flexibility index (Phi) is 12.2. The molecule has 4 rings (SSSR count). The highest BCUT2D eigenvalue weighted by Crippen LogP contribution is 2.42. The molecule has 242 valence electrons. The van der Waals surface area contributed by atoms with Gasteiger partial charge in [0.05, 0.1) is 16.6 Å². The molecule has 6 heteroatoms. The normalized spacial score (nSPS) is 16.4. The second-order valence-electron chi connectivity index (χ2n) is 13.2. The molecular formula is C39H53N2O4+. The first-order valence-corrected chi connectivity index (χ1v) is 17.2. The molecule has 1 aliphatic carbocycles. The Morgan fingerprint density at radius 1 is 0.822 bits per heavy atom. The maximum Gasteiger partial charge on any atom is 0.370 e. The van der Waals surface area contributed by atoms with Crippen LogP contribution in [-0.2, 0) is 15.0 Å². The summed E-state index contributed by atoms with van der Waals surface area (Å²) in [4.78, 5) is 27.7. The van der Waals surface area contributed by atoms with E-state index in [-0.39, 0.29) is 23.7 Å². The summed E-state index contributed by atoms with van der Waals surface area (Å²) >= 11 is 0. The number of hydrogen-bond acceptors (Lipinski definition) is 4. The predicted molar refractivity (Wildman–Crippen MR) is 185 cm³/mol. The third kappa shape index (κ3) is 8.14. The van der Waals surface area contributed by atoms with E-state index in [2.05, 4.69) is 30.9 Å². The molecule has 1 heterocycles. The van der Waals surface area contributed by atoms with E-state index in [4.69, 9.17) is 0 Å². The second-order valence-corrected chi connectivity index (χ2v) is 13.2. The molecule has 6 nitrogen and oxygen atoms in total. The number of ketones is 1. The number of carboxylic acids is 1. The molecular weight excluding hydrogens is 560 g/mol. The fourth-order valence-corrected chi connectivity index (χ4v) is 6.74. The molecule has 0 unspecified atom stereocenters. The van der Waals surface area contributed by atoms with Crippen molar-refractivity contribution in [2.75, 3.05) is 24.5 Å². The monoisotopic (exact) mass is 613 g/mol. The molecule has 0 spiro atoms. The average Bonchev–Trinajstić information content (AvgIpc) is 3.23. The standard InChI is InChI=1S/C39H52N2O4/c1-5-7-9-11-13-17-25-40(26-18-14-12-10-8-6-2)30-23-21-29(22-24-30)36-37(44)31(38(36)45)27-34-39(3,4)32-19-15-16-20-33(32)41(34)28-35(42)43/h15-16,19-24,27H,5-14,17-18,25-26,28H2,1-4H3,(H-,42,43,44,45)/p+1. The number of unbranched alkanes of at least 4 members (excludes halogenated alkanes) is 10. The number of benzene rings is 2. The van der Waals surface area contributed by atoms with E-state index in [0.29, 0.717) is 16.8 Å². The van der Waals surface area contributed by atoms with Crippen LogP contribution < -0.4 is 4.90 Å². The van der Waals surface area contributed by atoms with Crippen LogP contribution in [0.5, 0.6) is 0 Å². The number of carbonyl (C=O) groups excluding carboxylic acids is 1. The molecule has 2 aliphatic rings. The highest BCUT2D eigenvalue weighted by Gasteiger charge is 2.47. The highest BCUT2D eigenvalue weighted by molar-refractivity contribution is 6.40. The van der Waals surface area contributed by atoms with Crippen molar-refractivity contribution in [2.45, 2.75) is 110 Å². The largest absolute Gasteiger partial charge is 0.506 e. The van der Waals surface area contributed by atoms with Crippen LogP contribution in [0.15, 0.2) is 65.9 Å². The quantitative estimate of drug-likeness (QED) is 0.0938. The highest BCUT2D eigenvalue weighted by atomic mass is 16.4. The van der Waals surface area contributed by atoms with Crippen LogP contribution in [0.1, 0.15) is 116 Å². The first kappa shape index (κ1) is 34.2. The summed E-state index contributed by atoms with van der Waals surface area (Å²) in [5.74, 6) is -1.20. The van der Waals surface area contributed by atoms with Gasteiger partial charge in [-0.25, -0.2) is 4.79 Å². The van der Waals surface area contributed by atoms with Gasteiger partial charge in [0.15, 0.2) is 5.71 Å². The molecule has 0 saturated heterocycles. The maximum absolute atomic E-state index is 13.4. The van der Waals surface area contributed by atoms with Gasteiger partial charge >= 0.3 is 5.97 Å². The summed E-state index contributed by atoms with van der Waals surface area (Å²) in [6.07, 6.45) is 16.9. The molecule has 0 radical (unpaired) electrons. The van der Waals surface area contributed by atoms with Crippen LogP contribution in [0, 0.1) is 0 Å². The van der Waals surface area contributed by atoms with Crippen LogP contribution in [0.4, 0.5) is 11.4 Å². The van der Waals surface area contributed by atoms with Crippen molar-refractivity contribution in [3.8, 4) is 0 Å². The SMILES string of the molecule is CCCCCCCCN(CCCCCCCC)c1ccc(C2=C(O)C(=CC3=[N+](CC(=O)O)c4ccccc4C3(C)C)C2=O)cc1. The topological polar surface area (TPSA) is 80.8 Å². The maximum atomic E-state index is 13.4. The van der Waals surface area contributed by atoms with Gasteiger partial charge in [-0.15, -0.1) is 0 Å². The lowest BCUT2D eigenvalue weighted by Crippen LogP contribution is -2.32. The van der Waals surface area contributed by atoms with E-state index in [1.807, 2.05) is 50.2 Å². The molecule has 45 heavy (non-hydrogen) atoms. The van der Waals surface area contributed by atoms with Crippen LogP contribution >= 0.6 is 0 Å².